The van der Waals surface area contributed by atoms with E-state index < -0.39 is 0 Å². The molecule has 0 amide bonds. The van der Waals surface area contributed by atoms with Gasteiger partial charge in [0.15, 0.2) is 0 Å². The maximum atomic E-state index is 6.20. The smallest absolute Gasteiger partial charge is 0.0949 e. The second-order valence-electron chi connectivity index (χ2n) is 5.65. The molecule has 17 heavy (non-hydrogen) atoms. The minimum Gasteiger partial charge on any atom is -0.377 e. The topological polar surface area (TPSA) is 53.1 Å². The van der Waals surface area contributed by atoms with Crippen LogP contribution in [0.2, 0.25) is 0 Å². The van der Waals surface area contributed by atoms with Crippen molar-refractivity contribution in [2.45, 2.75) is 52.3 Å². The number of methoxy groups -OCH3 is 1. The van der Waals surface area contributed by atoms with E-state index in [2.05, 4.69) is 37.2 Å². The molecule has 0 aliphatic heterocycles. The number of rotatable bonds is 6. The molecule has 2 N–H and O–H groups in total. The second-order valence-corrected chi connectivity index (χ2v) is 5.65. The van der Waals surface area contributed by atoms with Crippen LogP contribution in [0.1, 0.15) is 45.9 Å². The van der Waals surface area contributed by atoms with E-state index in [9.17, 15) is 0 Å². The van der Waals surface area contributed by atoms with E-state index in [0.717, 1.165) is 18.7 Å². The highest BCUT2D eigenvalue weighted by molar-refractivity contribution is 5.05. The van der Waals surface area contributed by atoms with Gasteiger partial charge in [-0.2, -0.15) is 0 Å². The molecule has 0 saturated heterocycles. The Balaban J connectivity index is 2.78. The molecule has 0 aliphatic carbocycles. The van der Waals surface area contributed by atoms with Crippen molar-refractivity contribution in [1.82, 2.24) is 9.55 Å². The first-order valence-electron chi connectivity index (χ1n) is 6.16. The third-order valence-electron chi connectivity index (χ3n) is 2.95. The summed E-state index contributed by atoms with van der Waals surface area (Å²) in [7, 11) is 1.73. The van der Waals surface area contributed by atoms with Crippen LogP contribution in [-0.4, -0.2) is 22.3 Å². The van der Waals surface area contributed by atoms with Crippen LogP contribution in [0.25, 0.3) is 0 Å². The summed E-state index contributed by atoms with van der Waals surface area (Å²) < 4.78 is 7.53. The molecule has 1 atom stereocenters. The molecule has 4 heteroatoms. The van der Waals surface area contributed by atoms with E-state index in [1.54, 1.807) is 7.11 Å². The average molecular weight is 239 g/mol. The molecule has 98 valence electrons. The van der Waals surface area contributed by atoms with Crippen LogP contribution in [-0.2, 0) is 11.3 Å². The van der Waals surface area contributed by atoms with Gasteiger partial charge in [0.2, 0.25) is 0 Å². The first-order valence-corrected chi connectivity index (χ1v) is 6.16. The summed E-state index contributed by atoms with van der Waals surface area (Å²) in [5.41, 5.74) is 7.09. The van der Waals surface area contributed by atoms with Crippen LogP contribution in [0.3, 0.4) is 0 Å². The summed E-state index contributed by atoms with van der Waals surface area (Å²) in [6.45, 7) is 9.25. The lowest BCUT2D eigenvalue weighted by atomic mass is 10.0. The summed E-state index contributed by atoms with van der Waals surface area (Å²) in [6, 6.07) is 0.0464. The molecule has 1 rings (SSSR count). The Labute approximate surface area is 104 Å². The van der Waals surface area contributed by atoms with E-state index in [1.165, 1.54) is 0 Å². The Bertz CT molecular complexity index is 344. The molecule has 4 nitrogen and oxygen atoms in total. The van der Waals surface area contributed by atoms with Crippen molar-refractivity contribution in [2.75, 3.05) is 7.11 Å². The zero-order valence-corrected chi connectivity index (χ0v) is 11.6. The Hall–Kier alpha value is -0.870. The zero-order chi connectivity index (χ0) is 13.1. The number of hydrogen-bond donors (Lipinski definition) is 1. The fourth-order valence-electron chi connectivity index (χ4n) is 1.88. The highest BCUT2D eigenvalue weighted by atomic mass is 16.5. The van der Waals surface area contributed by atoms with Crippen molar-refractivity contribution in [3.05, 3.63) is 18.2 Å². The van der Waals surface area contributed by atoms with Gasteiger partial charge in [0.25, 0.3) is 0 Å². The summed E-state index contributed by atoms with van der Waals surface area (Å²) in [5.74, 6) is 0.587. The normalized spacial score (nSPS) is 14.3. The van der Waals surface area contributed by atoms with Crippen molar-refractivity contribution >= 4 is 0 Å². The number of nitrogens with zero attached hydrogens (tertiary/aromatic N) is 2. The molecule has 1 aromatic heterocycles. The van der Waals surface area contributed by atoms with E-state index >= 15 is 0 Å². The number of hydrogen-bond acceptors (Lipinski definition) is 3. The van der Waals surface area contributed by atoms with Gasteiger partial charge in [0.05, 0.1) is 24.2 Å². The largest absolute Gasteiger partial charge is 0.377 e. The number of nitrogens with two attached hydrogens (primary N) is 1. The van der Waals surface area contributed by atoms with Crippen LogP contribution in [0.4, 0.5) is 0 Å². The van der Waals surface area contributed by atoms with E-state index in [4.69, 9.17) is 10.5 Å². The molecule has 1 aromatic rings. The van der Waals surface area contributed by atoms with Crippen LogP contribution in [0.15, 0.2) is 12.5 Å². The van der Waals surface area contributed by atoms with Gasteiger partial charge in [-0.05, 0) is 26.2 Å². The summed E-state index contributed by atoms with van der Waals surface area (Å²) >= 11 is 0. The third-order valence-corrected chi connectivity index (χ3v) is 2.95. The SMILES string of the molecule is COC(C)(C)Cn1cncc1C(N)CC(C)C. The van der Waals surface area contributed by atoms with Gasteiger partial charge in [0, 0.05) is 19.3 Å². The Kier molecular flexibility index (Phi) is 4.71. The number of imidazole rings is 1. The highest BCUT2D eigenvalue weighted by Gasteiger charge is 2.20. The van der Waals surface area contributed by atoms with E-state index in [0.29, 0.717) is 5.92 Å². The first-order chi connectivity index (χ1) is 7.85. The number of aromatic nitrogens is 2. The van der Waals surface area contributed by atoms with Crippen molar-refractivity contribution < 1.29 is 4.74 Å². The minimum absolute atomic E-state index is 0.0464. The molecule has 0 spiro atoms. The molecule has 0 fully saturated rings. The fraction of sp³-hybridized carbons (Fsp3) is 0.769. The number of ether oxygens (including phenoxy) is 1. The van der Waals surface area contributed by atoms with Crippen LogP contribution in [0, 0.1) is 5.92 Å². The molecule has 0 radical (unpaired) electrons. The lowest BCUT2D eigenvalue weighted by molar-refractivity contribution is 0.00734. The minimum atomic E-state index is -0.201. The Morgan fingerprint density at radius 1 is 1.47 bits per heavy atom. The molecule has 0 saturated carbocycles. The summed E-state index contributed by atoms with van der Waals surface area (Å²) in [5, 5.41) is 0. The molecule has 1 unspecified atom stereocenters. The quantitative estimate of drug-likeness (QED) is 0.829. The standard InChI is InChI=1S/C13H25N3O/c1-10(2)6-11(14)12-7-15-9-16(12)8-13(3,4)17-5/h7,9-11H,6,8,14H2,1-5H3. The highest BCUT2D eigenvalue weighted by Crippen LogP contribution is 2.20. The average Bonchev–Trinajstić information content (AvgIpc) is 2.64. The van der Waals surface area contributed by atoms with Gasteiger partial charge in [-0.3, -0.25) is 0 Å². The molecular formula is C13H25N3O. The fourth-order valence-corrected chi connectivity index (χ4v) is 1.88. The van der Waals surface area contributed by atoms with Gasteiger partial charge >= 0.3 is 0 Å². The lowest BCUT2D eigenvalue weighted by Gasteiger charge is -2.25. The van der Waals surface area contributed by atoms with Gasteiger partial charge in [-0.1, -0.05) is 13.8 Å². The monoisotopic (exact) mass is 239 g/mol. The summed E-state index contributed by atoms with van der Waals surface area (Å²) in [6.07, 6.45) is 4.66. The van der Waals surface area contributed by atoms with Crippen molar-refractivity contribution in [3.63, 3.8) is 0 Å². The third kappa shape index (κ3) is 4.13. The van der Waals surface area contributed by atoms with Crippen molar-refractivity contribution in [2.24, 2.45) is 11.7 Å². The maximum Gasteiger partial charge on any atom is 0.0949 e. The van der Waals surface area contributed by atoms with Gasteiger partial charge in [-0.25, -0.2) is 4.98 Å². The van der Waals surface area contributed by atoms with Gasteiger partial charge < -0.3 is 15.0 Å². The molecule has 1 heterocycles. The molecule has 0 aromatic carbocycles. The van der Waals surface area contributed by atoms with E-state index in [-0.39, 0.29) is 11.6 Å². The van der Waals surface area contributed by atoms with E-state index in [1.807, 2.05) is 12.5 Å². The van der Waals surface area contributed by atoms with Crippen LogP contribution < -0.4 is 5.73 Å². The second kappa shape index (κ2) is 5.65. The Morgan fingerprint density at radius 2 is 2.12 bits per heavy atom. The Morgan fingerprint density at radius 3 is 2.65 bits per heavy atom. The predicted octanol–water partition coefficient (Wildman–Crippen LogP) is 2.35. The molecular weight excluding hydrogens is 214 g/mol. The molecule has 0 bridgehead atoms. The first kappa shape index (κ1) is 14.2. The van der Waals surface area contributed by atoms with Crippen LogP contribution in [0.5, 0.6) is 0 Å². The van der Waals surface area contributed by atoms with Gasteiger partial charge in [-0.15, -0.1) is 0 Å². The van der Waals surface area contributed by atoms with Crippen molar-refractivity contribution in [3.8, 4) is 0 Å². The van der Waals surface area contributed by atoms with Gasteiger partial charge in [0.1, 0.15) is 0 Å². The molecule has 0 aliphatic rings. The van der Waals surface area contributed by atoms with Crippen molar-refractivity contribution in [1.29, 1.82) is 0 Å². The van der Waals surface area contributed by atoms with Crippen LogP contribution >= 0.6 is 0 Å². The maximum absolute atomic E-state index is 6.20. The lowest BCUT2D eigenvalue weighted by Crippen LogP contribution is -2.30. The zero-order valence-electron chi connectivity index (χ0n) is 11.6. The predicted molar refractivity (Wildman–Crippen MR) is 69.7 cm³/mol. The summed E-state index contributed by atoms with van der Waals surface area (Å²) in [4.78, 5) is 4.20.